The molecule has 15 heavy (non-hydrogen) atoms. The van der Waals surface area contributed by atoms with Crippen LogP contribution in [0.1, 0.15) is 33.6 Å². The Morgan fingerprint density at radius 3 is 2.67 bits per heavy atom. The number of hydrogen-bond acceptors (Lipinski definition) is 3. The van der Waals surface area contributed by atoms with E-state index in [1.165, 1.54) is 0 Å². The molecule has 0 aromatic carbocycles. The molecule has 0 bridgehead atoms. The van der Waals surface area contributed by atoms with Gasteiger partial charge in [0.15, 0.2) is 0 Å². The van der Waals surface area contributed by atoms with Gasteiger partial charge in [-0.2, -0.15) is 0 Å². The molecule has 4 heteroatoms. The topological polar surface area (TPSA) is 52.3 Å². The summed E-state index contributed by atoms with van der Waals surface area (Å²) in [6, 6.07) is 0. The lowest BCUT2D eigenvalue weighted by atomic mass is 10.4. The second-order valence-corrected chi connectivity index (χ2v) is 7.48. The molecule has 0 radical (unpaired) electrons. The molecule has 88 valence electrons. The van der Waals surface area contributed by atoms with Crippen LogP contribution in [0, 0.1) is 5.92 Å². The number of rotatable bonds is 6. The van der Waals surface area contributed by atoms with Gasteiger partial charge in [0.25, 0.3) is 0 Å². The molecule has 0 amide bonds. The van der Waals surface area contributed by atoms with Gasteiger partial charge in [0.05, 0.1) is 6.61 Å². The SMILES string of the molecule is C=C[C@@H]1C[C@]1(N)P(=O)(OCC)C(C)CC. The number of nitrogens with two attached hydrogens (primary N) is 1. The predicted octanol–water partition coefficient (Wildman–Crippen LogP) is 2.96. The highest BCUT2D eigenvalue weighted by atomic mass is 31.2. The fraction of sp³-hybridized carbons (Fsp3) is 0.818. The van der Waals surface area contributed by atoms with Gasteiger partial charge in [-0.15, -0.1) is 6.58 Å². The zero-order valence-corrected chi connectivity index (χ0v) is 10.8. The first-order valence-electron chi connectivity index (χ1n) is 5.62. The zero-order valence-electron chi connectivity index (χ0n) is 9.90. The molecule has 2 N–H and O–H groups in total. The number of hydrogen-bond donors (Lipinski definition) is 1. The second kappa shape index (κ2) is 4.40. The molecule has 1 aliphatic rings. The Morgan fingerprint density at radius 1 is 1.73 bits per heavy atom. The molecule has 1 fully saturated rings. The summed E-state index contributed by atoms with van der Waals surface area (Å²) in [5.41, 5.74) is 6.22. The fourth-order valence-electron chi connectivity index (χ4n) is 2.03. The quantitative estimate of drug-likeness (QED) is 0.564. The van der Waals surface area contributed by atoms with E-state index in [4.69, 9.17) is 10.3 Å². The maximum Gasteiger partial charge on any atom is 0.225 e. The van der Waals surface area contributed by atoms with Crippen molar-refractivity contribution in [1.82, 2.24) is 0 Å². The Morgan fingerprint density at radius 2 is 2.33 bits per heavy atom. The van der Waals surface area contributed by atoms with Crippen molar-refractivity contribution in [3.05, 3.63) is 12.7 Å². The highest BCUT2D eigenvalue weighted by Gasteiger charge is 2.63. The Balaban J connectivity index is 2.93. The van der Waals surface area contributed by atoms with Crippen molar-refractivity contribution in [2.45, 2.75) is 44.6 Å². The molecule has 3 nitrogen and oxygen atoms in total. The molecule has 0 aromatic rings. The molecular formula is C11H22NO2P. The van der Waals surface area contributed by atoms with Crippen molar-refractivity contribution < 1.29 is 9.09 Å². The lowest BCUT2D eigenvalue weighted by Gasteiger charge is -2.29. The van der Waals surface area contributed by atoms with Gasteiger partial charge < -0.3 is 10.3 Å². The maximum absolute atomic E-state index is 12.8. The molecule has 0 saturated heterocycles. The van der Waals surface area contributed by atoms with Crippen LogP contribution in [0.3, 0.4) is 0 Å². The smallest absolute Gasteiger partial charge is 0.225 e. The summed E-state index contributed by atoms with van der Waals surface area (Å²) in [6.45, 7) is 10.0. The Bertz CT molecular complexity index is 292. The molecule has 4 atom stereocenters. The first-order chi connectivity index (χ1) is 6.96. The summed E-state index contributed by atoms with van der Waals surface area (Å²) in [4.78, 5) is 0. The van der Waals surface area contributed by atoms with Crippen molar-refractivity contribution in [3.8, 4) is 0 Å². The van der Waals surface area contributed by atoms with Crippen LogP contribution in [0.25, 0.3) is 0 Å². The van der Waals surface area contributed by atoms with Crippen LogP contribution in [0.2, 0.25) is 0 Å². The molecular weight excluding hydrogens is 209 g/mol. The van der Waals surface area contributed by atoms with Gasteiger partial charge in [-0.3, -0.25) is 4.57 Å². The van der Waals surface area contributed by atoms with Crippen molar-refractivity contribution in [1.29, 1.82) is 0 Å². The van der Waals surface area contributed by atoms with Gasteiger partial charge >= 0.3 is 0 Å². The van der Waals surface area contributed by atoms with Crippen LogP contribution >= 0.6 is 7.37 Å². The van der Waals surface area contributed by atoms with Crippen molar-refractivity contribution in [2.24, 2.45) is 11.7 Å². The first kappa shape index (κ1) is 13.0. The van der Waals surface area contributed by atoms with E-state index in [-0.39, 0.29) is 11.6 Å². The monoisotopic (exact) mass is 231 g/mol. The van der Waals surface area contributed by atoms with E-state index in [9.17, 15) is 4.57 Å². The standard InChI is InChI=1S/C11H22NO2P/c1-5-9(4)15(13,14-7-3)11(12)8-10(11)6-2/h6,9-10H,2,5,7-8,12H2,1,3-4H3/t9?,10-,11+,15?/m1/s1. The lowest BCUT2D eigenvalue weighted by molar-refractivity contribution is 0.314. The summed E-state index contributed by atoms with van der Waals surface area (Å²) < 4.78 is 18.3. The van der Waals surface area contributed by atoms with Gasteiger partial charge in [0.2, 0.25) is 7.37 Å². The molecule has 0 aromatic heterocycles. The summed E-state index contributed by atoms with van der Waals surface area (Å²) >= 11 is 0. The van der Waals surface area contributed by atoms with Crippen molar-refractivity contribution in [2.75, 3.05) is 6.61 Å². The van der Waals surface area contributed by atoms with Crippen LogP contribution in [-0.2, 0) is 9.09 Å². The van der Waals surface area contributed by atoms with E-state index >= 15 is 0 Å². The van der Waals surface area contributed by atoms with Crippen molar-refractivity contribution in [3.63, 3.8) is 0 Å². The third-order valence-electron chi connectivity index (χ3n) is 3.39. The minimum Gasteiger partial charge on any atom is -0.327 e. The molecule has 0 aliphatic heterocycles. The Hall–Kier alpha value is -0.110. The van der Waals surface area contributed by atoms with Crippen LogP contribution < -0.4 is 5.73 Å². The zero-order chi connectivity index (χ0) is 11.7. The van der Waals surface area contributed by atoms with E-state index in [1.54, 1.807) is 6.08 Å². The summed E-state index contributed by atoms with van der Waals surface area (Å²) in [5, 5.41) is -0.639. The van der Waals surface area contributed by atoms with E-state index in [0.29, 0.717) is 6.61 Å². The summed E-state index contributed by atoms with van der Waals surface area (Å²) in [7, 11) is -2.75. The van der Waals surface area contributed by atoms with Gasteiger partial charge in [0.1, 0.15) is 5.28 Å². The Kier molecular flexibility index (Phi) is 3.80. The normalized spacial score (nSPS) is 35.6. The molecule has 0 spiro atoms. The van der Waals surface area contributed by atoms with Gasteiger partial charge in [-0.05, 0) is 19.8 Å². The third kappa shape index (κ3) is 1.93. The highest BCUT2D eigenvalue weighted by Crippen LogP contribution is 2.73. The first-order valence-corrected chi connectivity index (χ1v) is 7.31. The minimum atomic E-state index is -2.75. The molecule has 1 saturated carbocycles. The average molecular weight is 231 g/mol. The van der Waals surface area contributed by atoms with Gasteiger partial charge in [0, 0.05) is 11.6 Å². The van der Waals surface area contributed by atoms with Gasteiger partial charge in [-0.1, -0.05) is 19.9 Å². The molecule has 0 heterocycles. The molecule has 1 aliphatic carbocycles. The predicted molar refractivity (Wildman–Crippen MR) is 64.2 cm³/mol. The van der Waals surface area contributed by atoms with Crippen LogP contribution in [0.4, 0.5) is 0 Å². The van der Waals surface area contributed by atoms with E-state index < -0.39 is 12.6 Å². The minimum absolute atomic E-state index is 0.0346. The van der Waals surface area contributed by atoms with Crippen LogP contribution in [0.15, 0.2) is 12.7 Å². The lowest BCUT2D eigenvalue weighted by Crippen LogP contribution is -2.30. The summed E-state index contributed by atoms with van der Waals surface area (Å²) in [6.07, 6.45) is 3.38. The average Bonchev–Trinajstić information content (AvgIpc) is 2.90. The second-order valence-electron chi connectivity index (χ2n) is 4.31. The van der Waals surface area contributed by atoms with E-state index in [1.807, 2.05) is 20.8 Å². The van der Waals surface area contributed by atoms with E-state index in [2.05, 4.69) is 6.58 Å². The van der Waals surface area contributed by atoms with Crippen LogP contribution in [-0.4, -0.2) is 17.5 Å². The van der Waals surface area contributed by atoms with Crippen LogP contribution in [0.5, 0.6) is 0 Å². The largest absolute Gasteiger partial charge is 0.327 e. The van der Waals surface area contributed by atoms with Gasteiger partial charge in [-0.25, -0.2) is 0 Å². The third-order valence-corrected chi connectivity index (χ3v) is 7.23. The van der Waals surface area contributed by atoms with E-state index in [0.717, 1.165) is 12.8 Å². The van der Waals surface area contributed by atoms with Crippen molar-refractivity contribution >= 4 is 7.37 Å². The maximum atomic E-state index is 12.8. The highest BCUT2D eigenvalue weighted by molar-refractivity contribution is 7.61. The molecule has 1 rings (SSSR count). The fourth-order valence-corrected chi connectivity index (χ4v) is 5.23. The molecule has 2 unspecified atom stereocenters. The summed E-state index contributed by atoms with van der Waals surface area (Å²) in [5.74, 6) is 0.156. The Labute approximate surface area is 92.5 Å².